The molecule has 1 amide bonds. The lowest BCUT2D eigenvalue weighted by atomic mass is 10.2. The zero-order valence-electron chi connectivity index (χ0n) is 13.6. The zero-order valence-corrected chi connectivity index (χ0v) is 14.3. The van der Waals surface area contributed by atoms with Gasteiger partial charge in [0.25, 0.3) is 5.91 Å². The van der Waals surface area contributed by atoms with Gasteiger partial charge >= 0.3 is 0 Å². The summed E-state index contributed by atoms with van der Waals surface area (Å²) in [6, 6.07) is 10.4. The highest BCUT2D eigenvalue weighted by Gasteiger charge is 2.22. The first-order valence-electron chi connectivity index (χ1n) is 8.09. The molecule has 0 atom stereocenters. The number of hydrogen-bond acceptors (Lipinski definition) is 2. The Morgan fingerprint density at radius 3 is 2.40 bits per heavy atom. The van der Waals surface area contributed by atoms with Gasteiger partial charge in [-0.25, -0.2) is 8.78 Å². The summed E-state index contributed by atoms with van der Waals surface area (Å²) in [4.78, 5) is 15.5. The number of carbonyl (C=O) groups excluding carboxylic acids is 1. The third-order valence-corrected chi connectivity index (χ3v) is 4.44. The molecule has 0 aromatic heterocycles. The van der Waals surface area contributed by atoms with E-state index in [2.05, 4.69) is 10.2 Å². The number of anilines is 2. The zero-order chi connectivity index (χ0) is 17.8. The van der Waals surface area contributed by atoms with Crippen molar-refractivity contribution in [1.82, 2.24) is 0 Å². The molecule has 0 unspecified atom stereocenters. The lowest BCUT2D eigenvalue weighted by Gasteiger charge is -2.33. The van der Waals surface area contributed by atoms with Gasteiger partial charge < -0.3 is 15.1 Å². The van der Waals surface area contributed by atoms with E-state index in [9.17, 15) is 13.6 Å². The van der Waals surface area contributed by atoms with Crippen LogP contribution in [0.3, 0.4) is 0 Å². The standard InChI is InChI=1S/C18H18ClF2N3O/c19-13-9-15(21)11-16(10-13)22-18(25)12-23-5-7-24(8-6-23)17-3-1-14(20)2-4-17/h1-4,9-11H,5-8,12H2,(H,22,25)/p+1. The van der Waals surface area contributed by atoms with Crippen molar-refractivity contribution in [2.75, 3.05) is 42.9 Å². The molecule has 2 N–H and O–H groups in total. The molecule has 1 aliphatic heterocycles. The number of rotatable bonds is 4. The third-order valence-electron chi connectivity index (χ3n) is 4.22. The van der Waals surface area contributed by atoms with Crippen LogP contribution in [-0.4, -0.2) is 38.6 Å². The molecular weight excluding hydrogens is 348 g/mol. The molecule has 25 heavy (non-hydrogen) atoms. The van der Waals surface area contributed by atoms with E-state index in [1.807, 2.05) is 0 Å². The lowest BCUT2D eigenvalue weighted by molar-refractivity contribution is -0.892. The fourth-order valence-corrected chi connectivity index (χ4v) is 3.19. The quantitative estimate of drug-likeness (QED) is 0.868. The first-order chi connectivity index (χ1) is 12.0. The molecule has 4 nitrogen and oxygen atoms in total. The van der Waals surface area contributed by atoms with Crippen molar-refractivity contribution < 1.29 is 18.5 Å². The van der Waals surface area contributed by atoms with Crippen LogP contribution >= 0.6 is 11.6 Å². The first kappa shape index (κ1) is 17.6. The number of nitrogens with one attached hydrogen (secondary N) is 2. The highest BCUT2D eigenvalue weighted by Crippen LogP contribution is 2.18. The van der Waals surface area contributed by atoms with Gasteiger partial charge in [0.1, 0.15) is 11.6 Å². The summed E-state index contributed by atoms with van der Waals surface area (Å²) in [6.07, 6.45) is 0. The van der Waals surface area contributed by atoms with Crippen molar-refractivity contribution in [3.63, 3.8) is 0 Å². The Labute approximate surface area is 150 Å². The van der Waals surface area contributed by atoms with Crippen LogP contribution in [0, 0.1) is 11.6 Å². The summed E-state index contributed by atoms with van der Waals surface area (Å²) in [7, 11) is 0. The fourth-order valence-electron chi connectivity index (χ4n) is 2.97. The summed E-state index contributed by atoms with van der Waals surface area (Å²) < 4.78 is 26.3. The topological polar surface area (TPSA) is 36.8 Å². The van der Waals surface area contributed by atoms with E-state index >= 15 is 0 Å². The van der Waals surface area contributed by atoms with Crippen molar-refractivity contribution in [1.29, 1.82) is 0 Å². The van der Waals surface area contributed by atoms with E-state index in [1.54, 1.807) is 12.1 Å². The van der Waals surface area contributed by atoms with E-state index in [0.717, 1.165) is 36.8 Å². The van der Waals surface area contributed by atoms with Crippen molar-refractivity contribution >= 4 is 28.9 Å². The minimum Gasteiger partial charge on any atom is -0.360 e. The number of quaternary nitrogens is 1. The fraction of sp³-hybridized carbons (Fsp3) is 0.278. The monoisotopic (exact) mass is 366 g/mol. The summed E-state index contributed by atoms with van der Waals surface area (Å²) in [5, 5.41) is 2.93. The second-order valence-electron chi connectivity index (χ2n) is 6.10. The summed E-state index contributed by atoms with van der Waals surface area (Å²) in [6.45, 7) is 3.49. The maximum absolute atomic E-state index is 13.3. The Morgan fingerprint density at radius 2 is 1.76 bits per heavy atom. The summed E-state index contributed by atoms with van der Waals surface area (Å²) in [5.41, 5.74) is 1.35. The Kier molecular flexibility index (Phi) is 5.50. The van der Waals surface area contributed by atoms with Crippen LogP contribution in [-0.2, 0) is 4.79 Å². The maximum Gasteiger partial charge on any atom is 0.279 e. The van der Waals surface area contributed by atoms with E-state index in [-0.39, 0.29) is 16.7 Å². The molecule has 132 valence electrons. The van der Waals surface area contributed by atoms with Crippen LogP contribution in [0.25, 0.3) is 0 Å². The van der Waals surface area contributed by atoms with Gasteiger partial charge in [-0.15, -0.1) is 0 Å². The molecule has 0 spiro atoms. The van der Waals surface area contributed by atoms with Gasteiger partial charge in [-0.2, -0.15) is 0 Å². The van der Waals surface area contributed by atoms with Gasteiger partial charge in [-0.1, -0.05) is 11.6 Å². The van der Waals surface area contributed by atoms with Crippen LogP contribution < -0.4 is 15.1 Å². The number of nitrogens with zero attached hydrogens (tertiary/aromatic N) is 1. The number of carbonyl (C=O) groups is 1. The number of benzene rings is 2. The predicted molar refractivity (Wildman–Crippen MR) is 94.2 cm³/mol. The molecule has 7 heteroatoms. The van der Waals surface area contributed by atoms with Gasteiger partial charge in [0, 0.05) is 16.4 Å². The molecule has 0 bridgehead atoms. The van der Waals surface area contributed by atoms with Crippen LogP contribution in [0.2, 0.25) is 5.02 Å². The number of halogens is 3. The highest BCUT2D eigenvalue weighted by atomic mass is 35.5. The van der Waals surface area contributed by atoms with Crippen molar-refractivity contribution in [3.8, 4) is 0 Å². The smallest absolute Gasteiger partial charge is 0.279 e. The van der Waals surface area contributed by atoms with Crippen molar-refractivity contribution in [2.24, 2.45) is 0 Å². The largest absolute Gasteiger partial charge is 0.360 e. The van der Waals surface area contributed by atoms with Gasteiger partial charge in [0.05, 0.1) is 26.2 Å². The first-order valence-corrected chi connectivity index (χ1v) is 8.47. The summed E-state index contributed by atoms with van der Waals surface area (Å²) >= 11 is 5.78. The third kappa shape index (κ3) is 4.90. The van der Waals surface area contributed by atoms with E-state index < -0.39 is 5.82 Å². The normalized spacial score (nSPS) is 15.2. The Bertz CT molecular complexity index is 726. The van der Waals surface area contributed by atoms with Crippen LogP contribution in [0.1, 0.15) is 0 Å². The Morgan fingerprint density at radius 1 is 1.08 bits per heavy atom. The predicted octanol–water partition coefficient (Wildman–Crippen LogP) is 1.96. The van der Waals surface area contributed by atoms with Gasteiger partial charge in [0.15, 0.2) is 6.54 Å². The second kappa shape index (κ2) is 7.80. The van der Waals surface area contributed by atoms with Crippen molar-refractivity contribution in [3.05, 3.63) is 59.1 Å². The molecule has 3 rings (SSSR count). The molecular formula is C18H19ClF2N3O+. The average Bonchev–Trinajstić information content (AvgIpc) is 2.55. The number of hydrogen-bond donors (Lipinski definition) is 2. The number of piperazine rings is 1. The minimum absolute atomic E-state index is 0.174. The molecule has 0 radical (unpaired) electrons. The molecule has 1 fully saturated rings. The molecule has 0 saturated carbocycles. The molecule has 1 heterocycles. The Balaban J connectivity index is 1.50. The van der Waals surface area contributed by atoms with E-state index in [1.165, 1.54) is 30.3 Å². The summed E-state index contributed by atoms with van der Waals surface area (Å²) in [5.74, 6) is -0.905. The molecule has 2 aromatic carbocycles. The molecule has 1 saturated heterocycles. The lowest BCUT2D eigenvalue weighted by Crippen LogP contribution is -3.15. The SMILES string of the molecule is O=C(C[NH+]1CCN(c2ccc(F)cc2)CC1)Nc1cc(F)cc(Cl)c1. The van der Waals surface area contributed by atoms with Gasteiger partial charge in [-0.05, 0) is 42.5 Å². The molecule has 0 aliphatic carbocycles. The Hall–Kier alpha value is -2.18. The highest BCUT2D eigenvalue weighted by molar-refractivity contribution is 6.30. The molecule has 2 aromatic rings. The van der Waals surface area contributed by atoms with Crippen LogP contribution in [0.15, 0.2) is 42.5 Å². The average molecular weight is 367 g/mol. The van der Waals surface area contributed by atoms with E-state index in [4.69, 9.17) is 11.6 Å². The van der Waals surface area contributed by atoms with Crippen LogP contribution in [0.4, 0.5) is 20.2 Å². The van der Waals surface area contributed by atoms with Crippen LogP contribution in [0.5, 0.6) is 0 Å². The van der Waals surface area contributed by atoms with Gasteiger partial charge in [-0.3, -0.25) is 4.79 Å². The molecule has 1 aliphatic rings. The van der Waals surface area contributed by atoms with E-state index in [0.29, 0.717) is 12.2 Å². The second-order valence-corrected chi connectivity index (χ2v) is 6.53. The van der Waals surface area contributed by atoms with Crippen molar-refractivity contribution in [2.45, 2.75) is 0 Å². The van der Waals surface area contributed by atoms with Gasteiger partial charge in [0.2, 0.25) is 0 Å². The maximum atomic E-state index is 13.3. The minimum atomic E-state index is -0.483. The number of amides is 1.